The van der Waals surface area contributed by atoms with Crippen molar-refractivity contribution in [3.05, 3.63) is 65.0 Å². The van der Waals surface area contributed by atoms with Gasteiger partial charge >= 0.3 is 0 Å². The minimum absolute atomic E-state index is 0.156. The highest BCUT2D eigenvalue weighted by Crippen LogP contribution is 2.31. The Balaban J connectivity index is 1.67. The Kier molecular flexibility index (Phi) is 5.38. The number of benzene rings is 2. The lowest BCUT2D eigenvalue weighted by atomic mass is 9.87. The number of rotatable bonds is 5. The molecular weight excluding hydrogens is 342 g/mol. The first-order chi connectivity index (χ1) is 12.5. The normalized spacial score (nSPS) is 11.7. The van der Waals surface area contributed by atoms with Crippen LogP contribution in [-0.2, 0) is 5.41 Å². The highest BCUT2D eigenvalue weighted by Gasteiger charge is 2.12. The number of ether oxygens (including phenoxy) is 1. The van der Waals surface area contributed by atoms with Gasteiger partial charge in [0.15, 0.2) is 0 Å². The molecule has 3 aromatic rings. The van der Waals surface area contributed by atoms with Crippen molar-refractivity contribution < 1.29 is 4.74 Å². The van der Waals surface area contributed by atoms with Crippen LogP contribution in [-0.4, -0.2) is 18.3 Å². The zero-order chi connectivity index (χ0) is 18.6. The Labute approximate surface area is 158 Å². The molecule has 1 heterocycles. The fourth-order valence-electron chi connectivity index (χ4n) is 2.54. The van der Waals surface area contributed by atoms with Gasteiger partial charge in [-0.15, -0.1) is 11.3 Å². The van der Waals surface area contributed by atoms with Crippen LogP contribution in [0.2, 0.25) is 0 Å². The molecule has 0 spiro atoms. The van der Waals surface area contributed by atoms with Crippen molar-refractivity contribution in [3.8, 4) is 17.0 Å². The molecule has 1 N–H and O–H groups in total. The van der Waals surface area contributed by atoms with Crippen molar-refractivity contribution in [2.45, 2.75) is 26.2 Å². The summed E-state index contributed by atoms with van der Waals surface area (Å²) in [5, 5.41) is 7.03. The summed E-state index contributed by atoms with van der Waals surface area (Å²) in [6.07, 6.45) is 1.80. The first-order valence-corrected chi connectivity index (χ1v) is 9.34. The molecule has 0 amide bonds. The van der Waals surface area contributed by atoms with Gasteiger partial charge in [-0.05, 0) is 28.7 Å². The van der Waals surface area contributed by atoms with E-state index in [0.717, 1.165) is 27.7 Å². The molecule has 26 heavy (non-hydrogen) atoms. The lowest BCUT2D eigenvalue weighted by molar-refractivity contribution is 0.416. The average molecular weight is 366 g/mol. The Bertz CT molecular complexity index is 892. The summed E-state index contributed by atoms with van der Waals surface area (Å²) in [7, 11) is 1.67. The summed E-state index contributed by atoms with van der Waals surface area (Å²) in [5.41, 5.74) is 7.36. The van der Waals surface area contributed by atoms with Crippen LogP contribution in [0.15, 0.2) is 59.0 Å². The van der Waals surface area contributed by atoms with Crippen LogP contribution < -0.4 is 10.2 Å². The van der Waals surface area contributed by atoms with Gasteiger partial charge in [-0.2, -0.15) is 5.10 Å². The van der Waals surface area contributed by atoms with E-state index in [-0.39, 0.29) is 5.41 Å². The van der Waals surface area contributed by atoms with Gasteiger partial charge in [-0.1, -0.05) is 57.2 Å². The molecule has 2 aromatic carbocycles. The number of thiazole rings is 1. The van der Waals surface area contributed by atoms with E-state index in [9.17, 15) is 0 Å². The number of nitrogens with one attached hydrogen (secondary N) is 1. The van der Waals surface area contributed by atoms with Gasteiger partial charge in [0.25, 0.3) is 0 Å². The highest BCUT2D eigenvalue weighted by molar-refractivity contribution is 7.14. The lowest BCUT2D eigenvalue weighted by Gasteiger charge is -2.18. The number of aromatic nitrogens is 1. The van der Waals surface area contributed by atoms with E-state index in [4.69, 9.17) is 4.74 Å². The molecule has 0 aliphatic rings. The zero-order valence-corrected chi connectivity index (χ0v) is 16.3. The second-order valence-corrected chi connectivity index (χ2v) is 7.84. The summed E-state index contributed by atoms with van der Waals surface area (Å²) >= 11 is 1.51. The van der Waals surface area contributed by atoms with Gasteiger partial charge in [0.05, 0.1) is 19.0 Å². The molecule has 0 unspecified atom stereocenters. The third-order valence-corrected chi connectivity index (χ3v) is 4.78. The molecule has 3 rings (SSSR count). The highest BCUT2D eigenvalue weighted by atomic mass is 32.1. The topological polar surface area (TPSA) is 46.5 Å². The first kappa shape index (κ1) is 18.1. The van der Waals surface area contributed by atoms with Gasteiger partial charge in [-0.25, -0.2) is 4.98 Å². The Morgan fingerprint density at radius 1 is 1.08 bits per heavy atom. The average Bonchev–Trinajstić information content (AvgIpc) is 3.10. The molecule has 0 radical (unpaired) electrons. The molecule has 0 bridgehead atoms. The predicted octanol–water partition coefficient (Wildman–Crippen LogP) is 5.56. The Morgan fingerprint density at radius 3 is 2.50 bits per heavy atom. The summed E-state index contributed by atoms with van der Waals surface area (Å²) in [4.78, 5) is 4.58. The van der Waals surface area contributed by atoms with Crippen molar-refractivity contribution in [3.63, 3.8) is 0 Å². The van der Waals surface area contributed by atoms with Gasteiger partial charge < -0.3 is 4.74 Å². The third-order valence-electron chi connectivity index (χ3n) is 4.04. The first-order valence-electron chi connectivity index (χ1n) is 8.46. The maximum Gasteiger partial charge on any atom is 0.203 e. The minimum Gasteiger partial charge on any atom is -0.496 e. The molecular formula is C21H23N3OS. The van der Waals surface area contributed by atoms with Crippen molar-refractivity contribution in [1.29, 1.82) is 0 Å². The van der Waals surface area contributed by atoms with Crippen LogP contribution in [0.4, 0.5) is 5.13 Å². The Morgan fingerprint density at radius 2 is 1.81 bits per heavy atom. The number of nitrogens with zero attached hydrogens (tertiary/aromatic N) is 2. The van der Waals surface area contributed by atoms with Gasteiger partial charge in [-0.3, -0.25) is 5.43 Å². The van der Waals surface area contributed by atoms with Crippen LogP contribution in [0, 0.1) is 0 Å². The fourth-order valence-corrected chi connectivity index (χ4v) is 3.20. The van der Waals surface area contributed by atoms with E-state index in [2.05, 4.69) is 60.5 Å². The van der Waals surface area contributed by atoms with Crippen LogP contribution in [0.3, 0.4) is 0 Å². The molecule has 0 atom stereocenters. The quantitative estimate of drug-likeness (QED) is 0.475. The molecule has 0 fully saturated rings. The van der Waals surface area contributed by atoms with Crippen LogP contribution in [0.5, 0.6) is 5.75 Å². The lowest BCUT2D eigenvalue weighted by Crippen LogP contribution is -2.10. The smallest absolute Gasteiger partial charge is 0.203 e. The van der Waals surface area contributed by atoms with Crippen molar-refractivity contribution in [2.24, 2.45) is 5.10 Å². The molecule has 1 aromatic heterocycles. The van der Waals surface area contributed by atoms with E-state index >= 15 is 0 Å². The van der Waals surface area contributed by atoms with E-state index < -0.39 is 0 Å². The summed E-state index contributed by atoms with van der Waals surface area (Å²) in [6, 6.07) is 16.3. The van der Waals surface area contributed by atoms with Crippen LogP contribution >= 0.6 is 11.3 Å². The summed E-state index contributed by atoms with van der Waals surface area (Å²) < 4.78 is 5.40. The molecule has 5 heteroatoms. The fraction of sp³-hybridized carbons (Fsp3) is 0.238. The van der Waals surface area contributed by atoms with Crippen molar-refractivity contribution in [2.75, 3.05) is 12.5 Å². The molecule has 4 nitrogen and oxygen atoms in total. The van der Waals surface area contributed by atoms with Gasteiger partial charge in [0, 0.05) is 10.9 Å². The van der Waals surface area contributed by atoms with E-state index in [1.807, 2.05) is 29.6 Å². The van der Waals surface area contributed by atoms with E-state index in [1.54, 1.807) is 13.3 Å². The summed E-state index contributed by atoms with van der Waals surface area (Å²) in [6.45, 7) is 6.62. The molecule has 0 saturated heterocycles. The van der Waals surface area contributed by atoms with E-state index in [1.165, 1.54) is 16.9 Å². The second kappa shape index (κ2) is 7.70. The predicted molar refractivity (Wildman–Crippen MR) is 110 cm³/mol. The molecule has 0 aliphatic carbocycles. The SMILES string of the molecule is COc1ccccc1-c1csc(N/N=C\c2ccc(C(C)(C)C)cc2)n1. The molecule has 134 valence electrons. The Hall–Kier alpha value is -2.66. The third kappa shape index (κ3) is 4.29. The number of anilines is 1. The maximum atomic E-state index is 5.40. The minimum atomic E-state index is 0.156. The van der Waals surface area contributed by atoms with Crippen molar-refractivity contribution >= 4 is 22.7 Å². The maximum absolute atomic E-state index is 5.40. The van der Waals surface area contributed by atoms with Crippen LogP contribution in [0.1, 0.15) is 31.9 Å². The molecule has 0 aliphatic heterocycles. The van der Waals surface area contributed by atoms with Gasteiger partial charge in [0.2, 0.25) is 5.13 Å². The van der Waals surface area contributed by atoms with Crippen LogP contribution in [0.25, 0.3) is 11.3 Å². The zero-order valence-electron chi connectivity index (χ0n) is 15.5. The number of para-hydroxylation sites is 1. The van der Waals surface area contributed by atoms with E-state index in [0.29, 0.717) is 0 Å². The number of methoxy groups -OCH3 is 1. The summed E-state index contributed by atoms with van der Waals surface area (Å²) in [5.74, 6) is 0.812. The van der Waals surface area contributed by atoms with Crippen molar-refractivity contribution in [1.82, 2.24) is 4.98 Å². The molecule has 0 saturated carbocycles. The largest absolute Gasteiger partial charge is 0.496 e. The van der Waals surface area contributed by atoms with Gasteiger partial charge in [0.1, 0.15) is 5.75 Å². The standard InChI is InChI=1S/C21H23N3OS/c1-21(2,3)16-11-9-15(10-12-16)13-22-24-20-23-18(14-26-20)17-7-5-6-8-19(17)25-4/h5-14H,1-4H3,(H,23,24)/b22-13-. The monoisotopic (exact) mass is 365 g/mol. The number of hydrogen-bond donors (Lipinski definition) is 1. The number of hydrazone groups is 1. The number of hydrogen-bond acceptors (Lipinski definition) is 5. The second-order valence-electron chi connectivity index (χ2n) is 6.98.